The number of nitrogens with one attached hydrogen (secondary N) is 1. The zero-order valence-electron chi connectivity index (χ0n) is 16.2. The van der Waals surface area contributed by atoms with E-state index in [0.29, 0.717) is 13.0 Å². The highest BCUT2D eigenvalue weighted by Crippen LogP contribution is 2.33. The molecule has 4 rings (SSSR count). The van der Waals surface area contributed by atoms with Crippen LogP contribution in [0.15, 0.2) is 77.5 Å². The summed E-state index contributed by atoms with van der Waals surface area (Å²) in [6.07, 6.45) is 0.410. The summed E-state index contributed by atoms with van der Waals surface area (Å²) in [4.78, 5) is 29.8. The lowest BCUT2D eigenvalue weighted by Crippen LogP contribution is -2.46. The number of imide groups is 1. The van der Waals surface area contributed by atoms with E-state index in [4.69, 9.17) is 0 Å². The van der Waals surface area contributed by atoms with Crippen molar-refractivity contribution < 1.29 is 9.59 Å². The number of thiophene rings is 1. The summed E-state index contributed by atoms with van der Waals surface area (Å²) in [5.41, 5.74) is 1.87. The molecule has 1 fully saturated rings. The highest BCUT2D eigenvalue weighted by atomic mass is 32.1. The molecule has 6 heteroatoms. The smallest absolute Gasteiger partial charge is 0.319 e. The summed E-state index contributed by atoms with van der Waals surface area (Å²) in [6.45, 7) is 0.918. The Hall–Kier alpha value is -2.96. The second-order valence-electron chi connectivity index (χ2n) is 7.38. The van der Waals surface area contributed by atoms with Crippen molar-refractivity contribution in [3.8, 4) is 0 Å². The van der Waals surface area contributed by atoms with Crippen LogP contribution in [0.4, 0.5) is 4.79 Å². The molecule has 1 saturated heterocycles. The molecule has 3 aromatic rings. The molecule has 5 nitrogen and oxygen atoms in total. The molecule has 0 bridgehead atoms. The zero-order valence-corrected chi connectivity index (χ0v) is 17.1. The predicted molar refractivity (Wildman–Crippen MR) is 114 cm³/mol. The monoisotopic (exact) mass is 405 g/mol. The first-order chi connectivity index (χ1) is 14.1. The van der Waals surface area contributed by atoms with Crippen molar-refractivity contribution in [2.75, 3.05) is 13.7 Å². The molecule has 1 aromatic heterocycles. The van der Waals surface area contributed by atoms with Crippen LogP contribution in [0.25, 0.3) is 0 Å². The maximum Gasteiger partial charge on any atom is 0.326 e. The summed E-state index contributed by atoms with van der Waals surface area (Å²) < 4.78 is 0. The maximum absolute atomic E-state index is 13.6. The van der Waals surface area contributed by atoms with Gasteiger partial charge in [0.2, 0.25) is 0 Å². The largest absolute Gasteiger partial charge is 0.326 e. The number of carbonyl (C=O) groups is 2. The van der Waals surface area contributed by atoms with Crippen LogP contribution in [0.2, 0.25) is 0 Å². The number of nitrogens with zero attached hydrogens (tertiary/aromatic N) is 2. The Labute approximate surface area is 174 Å². The Morgan fingerprint density at radius 3 is 2.31 bits per heavy atom. The molecule has 0 radical (unpaired) electrons. The van der Waals surface area contributed by atoms with Crippen molar-refractivity contribution in [2.24, 2.45) is 0 Å². The Bertz CT molecular complexity index is 976. The van der Waals surface area contributed by atoms with E-state index in [1.807, 2.05) is 78.0 Å². The minimum atomic E-state index is -1.09. The fraction of sp³-hybridized carbons (Fsp3) is 0.217. The summed E-state index contributed by atoms with van der Waals surface area (Å²) in [6, 6.07) is 21.0. The molecule has 148 valence electrons. The van der Waals surface area contributed by atoms with E-state index in [2.05, 4.69) is 16.8 Å². The third kappa shape index (κ3) is 3.95. The van der Waals surface area contributed by atoms with Crippen LogP contribution < -0.4 is 5.32 Å². The SMILES string of the molecule is CN(Cc1ccsc1)CN1C(=O)NC(Cc2ccccc2)(c2ccccc2)C1=O. The van der Waals surface area contributed by atoms with E-state index >= 15 is 0 Å². The molecular formula is C23H23N3O2S. The van der Waals surface area contributed by atoms with Gasteiger partial charge < -0.3 is 5.32 Å². The van der Waals surface area contributed by atoms with Gasteiger partial charge in [0.05, 0.1) is 6.67 Å². The van der Waals surface area contributed by atoms with Gasteiger partial charge in [0.1, 0.15) is 0 Å². The quantitative estimate of drug-likeness (QED) is 0.608. The lowest BCUT2D eigenvalue weighted by Gasteiger charge is -2.28. The van der Waals surface area contributed by atoms with Crippen molar-refractivity contribution >= 4 is 23.3 Å². The number of urea groups is 1. The van der Waals surface area contributed by atoms with Gasteiger partial charge in [-0.05, 0) is 40.6 Å². The van der Waals surface area contributed by atoms with Gasteiger partial charge in [0.15, 0.2) is 5.54 Å². The van der Waals surface area contributed by atoms with Crippen molar-refractivity contribution in [1.29, 1.82) is 0 Å². The Morgan fingerprint density at radius 1 is 0.966 bits per heavy atom. The zero-order chi connectivity index (χ0) is 20.3. The van der Waals surface area contributed by atoms with Crippen LogP contribution in [-0.2, 0) is 23.3 Å². The number of carbonyl (C=O) groups excluding carboxylic acids is 2. The number of benzene rings is 2. The van der Waals surface area contributed by atoms with Gasteiger partial charge in [0, 0.05) is 13.0 Å². The third-order valence-corrected chi connectivity index (χ3v) is 5.90. The Kier molecular flexibility index (Phi) is 5.47. The first-order valence-corrected chi connectivity index (χ1v) is 10.5. The van der Waals surface area contributed by atoms with Crippen molar-refractivity contribution in [3.05, 3.63) is 94.2 Å². The molecular weight excluding hydrogens is 382 g/mol. The van der Waals surface area contributed by atoms with E-state index < -0.39 is 5.54 Å². The van der Waals surface area contributed by atoms with Crippen LogP contribution >= 0.6 is 11.3 Å². The molecule has 3 amide bonds. The highest BCUT2D eigenvalue weighted by molar-refractivity contribution is 7.07. The van der Waals surface area contributed by atoms with Gasteiger partial charge in [-0.15, -0.1) is 0 Å². The molecule has 2 aromatic carbocycles. The first kappa shape index (κ1) is 19.4. The average molecular weight is 406 g/mol. The average Bonchev–Trinajstić information content (AvgIpc) is 3.32. The summed E-state index contributed by atoms with van der Waals surface area (Å²) in [5, 5.41) is 7.11. The molecule has 0 spiro atoms. The molecule has 0 saturated carbocycles. The molecule has 29 heavy (non-hydrogen) atoms. The van der Waals surface area contributed by atoms with E-state index in [0.717, 1.165) is 11.1 Å². The fourth-order valence-electron chi connectivity index (χ4n) is 3.78. The molecule has 1 aliphatic rings. The van der Waals surface area contributed by atoms with Crippen LogP contribution in [0.5, 0.6) is 0 Å². The topological polar surface area (TPSA) is 52.6 Å². The second-order valence-corrected chi connectivity index (χ2v) is 8.16. The van der Waals surface area contributed by atoms with Crippen molar-refractivity contribution in [2.45, 2.75) is 18.5 Å². The van der Waals surface area contributed by atoms with Crippen LogP contribution in [0.3, 0.4) is 0 Å². The van der Waals surface area contributed by atoms with Gasteiger partial charge in [-0.2, -0.15) is 11.3 Å². The van der Waals surface area contributed by atoms with Gasteiger partial charge in [0.25, 0.3) is 5.91 Å². The van der Waals surface area contributed by atoms with E-state index in [-0.39, 0.29) is 18.6 Å². The first-order valence-electron chi connectivity index (χ1n) is 9.52. The molecule has 1 aliphatic heterocycles. The summed E-state index contributed by atoms with van der Waals surface area (Å²) in [5.74, 6) is -0.213. The van der Waals surface area contributed by atoms with Crippen LogP contribution in [0.1, 0.15) is 16.7 Å². The molecule has 2 heterocycles. The number of amides is 3. The molecule has 1 unspecified atom stereocenters. The van der Waals surface area contributed by atoms with E-state index in [9.17, 15) is 9.59 Å². The van der Waals surface area contributed by atoms with E-state index in [1.54, 1.807) is 11.3 Å². The third-order valence-electron chi connectivity index (χ3n) is 5.17. The molecule has 1 N–H and O–H groups in total. The minimum Gasteiger partial charge on any atom is -0.319 e. The lowest BCUT2D eigenvalue weighted by molar-refractivity contribution is -0.133. The van der Waals surface area contributed by atoms with Crippen molar-refractivity contribution in [3.63, 3.8) is 0 Å². The number of rotatable bonds is 7. The number of hydrogen-bond acceptors (Lipinski definition) is 4. The lowest BCUT2D eigenvalue weighted by atomic mass is 9.83. The Morgan fingerprint density at radius 2 is 1.66 bits per heavy atom. The minimum absolute atomic E-state index is 0.213. The van der Waals surface area contributed by atoms with Gasteiger partial charge in [-0.3, -0.25) is 9.69 Å². The summed E-state index contributed by atoms with van der Waals surface area (Å²) >= 11 is 1.64. The summed E-state index contributed by atoms with van der Waals surface area (Å²) in [7, 11) is 1.91. The standard InChI is InChI=1S/C23H23N3O2S/c1-25(15-19-12-13-29-16-19)17-26-21(27)23(24-22(26)28,20-10-6-3-7-11-20)14-18-8-4-2-5-9-18/h2-13,16H,14-15,17H2,1H3,(H,24,28). The second kappa shape index (κ2) is 8.19. The van der Waals surface area contributed by atoms with Crippen LogP contribution in [-0.4, -0.2) is 35.5 Å². The highest BCUT2D eigenvalue weighted by Gasteiger charge is 2.52. The maximum atomic E-state index is 13.6. The van der Waals surface area contributed by atoms with E-state index in [1.165, 1.54) is 10.5 Å². The molecule has 1 atom stereocenters. The molecule has 0 aliphatic carbocycles. The van der Waals surface area contributed by atoms with Crippen molar-refractivity contribution in [1.82, 2.24) is 15.1 Å². The van der Waals surface area contributed by atoms with Gasteiger partial charge in [-0.25, -0.2) is 9.69 Å². The Balaban J connectivity index is 1.62. The number of hydrogen-bond donors (Lipinski definition) is 1. The van der Waals surface area contributed by atoms with Gasteiger partial charge in [-0.1, -0.05) is 60.7 Å². The normalized spacial score (nSPS) is 19.0. The predicted octanol–water partition coefficient (Wildman–Crippen LogP) is 3.83. The van der Waals surface area contributed by atoms with Crippen LogP contribution in [0, 0.1) is 0 Å². The fourth-order valence-corrected chi connectivity index (χ4v) is 4.44. The van der Waals surface area contributed by atoms with Gasteiger partial charge >= 0.3 is 6.03 Å².